The molecular weight excluding hydrogens is 268 g/mol. The van der Waals surface area contributed by atoms with Gasteiger partial charge in [-0.05, 0) is 25.0 Å². The lowest BCUT2D eigenvalue weighted by atomic mass is 10.0. The first kappa shape index (κ1) is 14.1. The summed E-state index contributed by atoms with van der Waals surface area (Å²) in [6.07, 6.45) is 3.60. The van der Waals surface area contributed by atoms with Gasteiger partial charge < -0.3 is 15.1 Å². The summed E-state index contributed by atoms with van der Waals surface area (Å²) in [7, 11) is 1.79. The lowest BCUT2D eigenvalue weighted by molar-refractivity contribution is 0.0558. The summed E-state index contributed by atoms with van der Waals surface area (Å²) in [6.45, 7) is 0.445. The maximum absolute atomic E-state index is 11.0. The number of aliphatic hydroxyl groups is 1. The van der Waals surface area contributed by atoms with E-state index in [1.165, 1.54) is 6.07 Å². The Morgan fingerprint density at radius 2 is 2.11 bits per heavy atom. The number of anilines is 1. The zero-order chi connectivity index (χ0) is 14.0. The Bertz CT molecular complexity index is 487. The van der Waals surface area contributed by atoms with Gasteiger partial charge in [-0.3, -0.25) is 0 Å². The van der Waals surface area contributed by atoms with Crippen molar-refractivity contribution >= 4 is 23.4 Å². The molecule has 0 amide bonds. The molecule has 0 spiro atoms. The van der Waals surface area contributed by atoms with Crippen molar-refractivity contribution in [3.8, 4) is 0 Å². The van der Waals surface area contributed by atoms with Crippen molar-refractivity contribution in [3.05, 3.63) is 22.8 Å². The van der Waals surface area contributed by atoms with Crippen molar-refractivity contribution in [1.29, 1.82) is 0 Å². The maximum Gasteiger partial charge on any atom is 0.356 e. The van der Waals surface area contributed by atoms with Crippen LogP contribution in [0.4, 0.5) is 5.82 Å². The van der Waals surface area contributed by atoms with Crippen LogP contribution < -0.4 is 4.90 Å². The zero-order valence-electron chi connectivity index (χ0n) is 10.8. The quantitative estimate of drug-likeness (QED) is 0.886. The van der Waals surface area contributed by atoms with Crippen LogP contribution in [-0.4, -0.2) is 40.4 Å². The monoisotopic (exact) mass is 284 g/mol. The number of rotatable bonds is 4. The van der Waals surface area contributed by atoms with Gasteiger partial charge in [-0.1, -0.05) is 24.4 Å². The lowest BCUT2D eigenvalue weighted by Crippen LogP contribution is -2.39. The number of carbonyl (C=O) groups is 1. The topological polar surface area (TPSA) is 73.7 Å². The summed E-state index contributed by atoms with van der Waals surface area (Å²) in [4.78, 5) is 16.8. The molecule has 104 valence electrons. The fourth-order valence-corrected chi connectivity index (χ4v) is 2.69. The number of aromatic carboxylic acids is 1. The van der Waals surface area contributed by atoms with Crippen LogP contribution in [-0.2, 0) is 0 Å². The summed E-state index contributed by atoms with van der Waals surface area (Å²) in [5, 5.41) is 19.5. The van der Waals surface area contributed by atoms with Gasteiger partial charge in [0.25, 0.3) is 0 Å². The Labute approximate surface area is 116 Å². The fraction of sp³-hybridized carbons (Fsp3) is 0.538. The number of nitrogens with zero attached hydrogens (tertiary/aromatic N) is 2. The molecule has 1 aromatic rings. The molecule has 2 N–H and O–H groups in total. The van der Waals surface area contributed by atoms with Gasteiger partial charge in [-0.15, -0.1) is 0 Å². The SMILES string of the molecule is CN(CC1(O)CCCC1)c1ccc(Cl)c(C(=O)O)n1. The normalized spacial score (nSPS) is 17.4. The van der Waals surface area contributed by atoms with E-state index in [9.17, 15) is 9.90 Å². The zero-order valence-corrected chi connectivity index (χ0v) is 11.5. The van der Waals surface area contributed by atoms with E-state index in [-0.39, 0.29) is 10.7 Å². The Balaban J connectivity index is 2.17. The van der Waals surface area contributed by atoms with Gasteiger partial charge in [-0.2, -0.15) is 0 Å². The predicted octanol–water partition coefficient (Wildman–Crippen LogP) is 2.17. The van der Waals surface area contributed by atoms with Gasteiger partial charge in [0.1, 0.15) is 5.82 Å². The molecule has 2 rings (SSSR count). The average molecular weight is 285 g/mol. The van der Waals surface area contributed by atoms with Gasteiger partial charge >= 0.3 is 5.97 Å². The van der Waals surface area contributed by atoms with Crippen molar-refractivity contribution in [1.82, 2.24) is 4.98 Å². The Morgan fingerprint density at radius 1 is 1.47 bits per heavy atom. The Hall–Kier alpha value is -1.33. The number of halogens is 1. The highest BCUT2D eigenvalue weighted by molar-refractivity contribution is 6.33. The lowest BCUT2D eigenvalue weighted by Gasteiger charge is -2.29. The number of hydrogen-bond acceptors (Lipinski definition) is 4. The first-order valence-electron chi connectivity index (χ1n) is 6.25. The standard InChI is InChI=1S/C13H17ClN2O3/c1-16(8-13(19)6-2-3-7-13)10-5-4-9(14)11(15-10)12(17)18/h4-5,19H,2-3,6-8H2,1H3,(H,17,18). The van der Waals surface area contributed by atoms with E-state index >= 15 is 0 Å². The third-order valence-corrected chi connectivity index (χ3v) is 3.80. The van der Waals surface area contributed by atoms with E-state index in [2.05, 4.69) is 4.98 Å². The van der Waals surface area contributed by atoms with E-state index in [1.54, 1.807) is 18.0 Å². The van der Waals surface area contributed by atoms with Gasteiger partial charge in [-0.25, -0.2) is 9.78 Å². The molecule has 0 aliphatic heterocycles. The molecule has 1 fully saturated rings. The molecule has 0 radical (unpaired) electrons. The fourth-order valence-electron chi connectivity index (χ4n) is 2.51. The molecule has 1 saturated carbocycles. The summed E-state index contributed by atoms with van der Waals surface area (Å²) in [6, 6.07) is 3.18. The van der Waals surface area contributed by atoms with Crippen molar-refractivity contribution in [2.75, 3.05) is 18.5 Å². The molecule has 1 aromatic heterocycles. The molecule has 0 saturated heterocycles. The number of carboxylic acids is 1. The number of aromatic nitrogens is 1. The number of likely N-dealkylation sites (N-methyl/N-ethyl adjacent to an activating group) is 1. The van der Waals surface area contributed by atoms with Crippen LogP contribution >= 0.6 is 11.6 Å². The van der Waals surface area contributed by atoms with Crippen molar-refractivity contribution in [2.24, 2.45) is 0 Å². The molecule has 1 aliphatic rings. The van der Waals surface area contributed by atoms with Crippen LogP contribution in [0.1, 0.15) is 36.2 Å². The smallest absolute Gasteiger partial charge is 0.356 e. The number of hydrogen-bond donors (Lipinski definition) is 2. The maximum atomic E-state index is 11.0. The van der Waals surface area contributed by atoms with Gasteiger partial charge in [0.15, 0.2) is 5.69 Å². The third kappa shape index (κ3) is 3.16. The molecule has 0 unspecified atom stereocenters. The third-order valence-electron chi connectivity index (χ3n) is 3.49. The second-order valence-electron chi connectivity index (χ2n) is 5.09. The van der Waals surface area contributed by atoms with E-state index in [4.69, 9.17) is 16.7 Å². The summed E-state index contributed by atoms with van der Waals surface area (Å²) in [5.74, 6) is -0.651. The molecule has 1 aliphatic carbocycles. The minimum Gasteiger partial charge on any atom is -0.476 e. The van der Waals surface area contributed by atoms with Gasteiger partial charge in [0.05, 0.1) is 10.6 Å². The molecule has 0 bridgehead atoms. The van der Waals surface area contributed by atoms with Crippen molar-refractivity contribution in [2.45, 2.75) is 31.3 Å². The van der Waals surface area contributed by atoms with Gasteiger partial charge in [0, 0.05) is 13.6 Å². The molecule has 0 atom stereocenters. The molecule has 1 heterocycles. The highest BCUT2D eigenvalue weighted by atomic mass is 35.5. The molecule has 0 aromatic carbocycles. The molecular formula is C13H17ClN2O3. The Kier molecular flexibility index (Phi) is 3.96. The molecule has 5 nitrogen and oxygen atoms in total. The summed E-state index contributed by atoms with van der Waals surface area (Å²) in [5.41, 5.74) is -0.858. The minimum absolute atomic E-state index is 0.115. The predicted molar refractivity (Wildman–Crippen MR) is 72.9 cm³/mol. The van der Waals surface area contributed by atoms with Crippen molar-refractivity contribution in [3.63, 3.8) is 0 Å². The van der Waals surface area contributed by atoms with Crippen LogP contribution in [0.2, 0.25) is 5.02 Å². The van der Waals surface area contributed by atoms with Crippen LogP contribution in [0.15, 0.2) is 12.1 Å². The first-order chi connectivity index (χ1) is 8.91. The van der Waals surface area contributed by atoms with E-state index in [0.29, 0.717) is 12.4 Å². The largest absolute Gasteiger partial charge is 0.476 e. The molecule has 19 heavy (non-hydrogen) atoms. The van der Waals surface area contributed by atoms with Crippen LogP contribution in [0.25, 0.3) is 0 Å². The highest BCUT2D eigenvalue weighted by Crippen LogP contribution is 2.31. The average Bonchev–Trinajstić information content (AvgIpc) is 2.75. The van der Waals surface area contributed by atoms with Crippen LogP contribution in [0.5, 0.6) is 0 Å². The first-order valence-corrected chi connectivity index (χ1v) is 6.62. The second-order valence-corrected chi connectivity index (χ2v) is 5.50. The highest BCUT2D eigenvalue weighted by Gasteiger charge is 2.32. The van der Waals surface area contributed by atoms with E-state index < -0.39 is 11.6 Å². The summed E-state index contributed by atoms with van der Waals surface area (Å²) < 4.78 is 0. The van der Waals surface area contributed by atoms with E-state index in [0.717, 1.165) is 25.7 Å². The van der Waals surface area contributed by atoms with E-state index in [1.807, 2.05) is 0 Å². The second kappa shape index (κ2) is 5.35. The van der Waals surface area contributed by atoms with Gasteiger partial charge in [0.2, 0.25) is 0 Å². The van der Waals surface area contributed by atoms with Crippen LogP contribution in [0, 0.1) is 0 Å². The van der Waals surface area contributed by atoms with Crippen LogP contribution in [0.3, 0.4) is 0 Å². The molecule has 6 heteroatoms. The summed E-state index contributed by atoms with van der Waals surface area (Å²) >= 11 is 5.78. The van der Waals surface area contributed by atoms with Crippen molar-refractivity contribution < 1.29 is 15.0 Å². The number of carboxylic acid groups (broad SMARTS) is 1. The number of pyridine rings is 1. The Morgan fingerprint density at radius 3 is 2.68 bits per heavy atom. The minimum atomic E-state index is -1.15.